The second-order valence-electron chi connectivity index (χ2n) is 2.58. The number of aliphatic hydroxyl groups is 1. The summed E-state index contributed by atoms with van der Waals surface area (Å²) in [5, 5.41) is 8.48. The van der Waals surface area contributed by atoms with Crippen LogP contribution in [0.4, 0.5) is 0 Å². The molecule has 1 heterocycles. The van der Waals surface area contributed by atoms with Gasteiger partial charge in [0.2, 0.25) is 5.88 Å². The number of hydrogen-bond donors (Lipinski definition) is 1. The van der Waals surface area contributed by atoms with Gasteiger partial charge in [0.25, 0.3) is 0 Å². The maximum absolute atomic E-state index is 11.0. The van der Waals surface area contributed by atoms with Crippen molar-refractivity contribution in [1.29, 1.82) is 0 Å². The van der Waals surface area contributed by atoms with Crippen LogP contribution in [0.5, 0.6) is 5.88 Å². The zero-order valence-corrected chi connectivity index (χ0v) is 9.43. The zero-order chi connectivity index (χ0) is 11.7. The van der Waals surface area contributed by atoms with Crippen molar-refractivity contribution in [3.63, 3.8) is 0 Å². The average Bonchev–Trinajstić information content (AvgIpc) is 2.27. The lowest BCUT2D eigenvalue weighted by molar-refractivity contribution is 0.228. The molecule has 0 aliphatic carbocycles. The maximum atomic E-state index is 11.0. The average molecular weight is 214 g/mol. The first-order valence-electron chi connectivity index (χ1n) is 5.01. The predicted molar refractivity (Wildman–Crippen MR) is 58.0 cm³/mol. The Bertz CT molecular complexity index is 323. The smallest absolute Gasteiger partial charge is 0.350 e. The Hall–Kier alpha value is -1.36. The molecular formula is C10H18N2O3. The highest BCUT2D eigenvalue weighted by Gasteiger charge is 1.96. The molecule has 0 amide bonds. The summed E-state index contributed by atoms with van der Waals surface area (Å²) < 4.78 is 6.46. The van der Waals surface area contributed by atoms with Crippen LogP contribution in [0.2, 0.25) is 0 Å². The molecule has 0 unspecified atom stereocenters. The van der Waals surface area contributed by atoms with E-state index in [-0.39, 0.29) is 12.3 Å². The van der Waals surface area contributed by atoms with Gasteiger partial charge in [-0.2, -0.15) is 4.98 Å². The summed E-state index contributed by atoms with van der Waals surface area (Å²) in [5.41, 5.74) is -0.346. The molecule has 0 atom stereocenters. The van der Waals surface area contributed by atoms with Crippen LogP contribution in [0.1, 0.15) is 20.3 Å². The Morgan fingerprint density at radius 3 is 2.73 bits per heavy atom. The van der Waals surface area contributed by atoms with Gasteiger partial charge in [0.15, 0.2) is 0 Å². The van der Waals surface area contributed by atoms with Crippen molar-refractivity contribution in [2.75, 3.05) is 13.2 Å². The molecule has 5 nitrogen and oxygen atoms in total. The molecule has 0 saturated carbocycles. The van der Waals surface area contributed by atoms with E-state index in [9.17, 15) is 4.79 Å². The van der Waals surface area contributed by atoms with Crippen molar-refractivity contribution in [2.45, 2.75) is 20.3 Å². The fraction of sp³-hybridized carbons (Fsp3) is 0.600. The van der Waals surface area contributed by atoms with E-state index >= 15 is 0 Å². The standard InChI is InChI=1S/C8H12N2O3.C2H6/c1-10-4-3-7(9-8(10)12)13-6-2-5-11;1-2/h3-4,11H,2,5-6H2,1H3;1-2H3. The van der Waals surface area contributed by atoms with E-state index in [0.717, 1.165) is 0 Å². The Balaban J connectivity index is 0.000000921. The van der Waals surface area contributed by atoms with Gasteiger partial charge in [-0.25, -0.2) is 4.79 Å². The molecule has 0 spiro atoms. The highest BCUT2D eigenvalue weighted by Crippen LogP contribution is 2.00. The summed E-state index contributed by atoms with van der Waals surface area (Å²) in [6.07, 6.45) is 2.13. The van der Waals surface area contributed by atoms with Crippen LogP contribution in [0.15, 0.2) is 17.1 Å². The Labute approximate surface area is 89.3 Å². The minimum atomic E-state index is -0.346. The lowest BCUT2D eigenvalue weighted by atomic mass is 10.5. The summed E-state index contributed by atoms with van der Waals surface area (Å²) in [4.78, 5) is 14.6. The van der Waals surface area contributed by atoms with E-state index in [2.05, 4.69) is 4.98 Å². The topological polar surface area (TPSA) is 64.3 Å². The molecule has 86 valence electrons. The maximum Gasteiger partial charge on any atom is 0.350 e. The summed E-state index contributed by atoms with van der Waals surface area (Å²) in [5.74, 6) is 0.302. The van der Waals surface area contributed by atoms with Crippen molar-refractivity contribution in [3.8, 4) is 5.88 Å². The third kappa shape index (κ3) is 5.17. The van der Waals surface area contributed by atoms with Crippen LogP contribution < -0.4 is 10.4 Å². The molecule has 1 aromatic rings. The highest BCUT2D eigenvalue weighted by atomic mass is 16.5. The number of rotatable bonds is 4. The molecule has 0 aliphatic rings. The van der Waals surface area contributed by atoms with E-state index in [1.807, 2.05) is 13.8 Å². The van der Waals surface area contributed by atoms with Gasteiger partial charge in [0.1, 0.15) is 0 Å². The lowest BCUT2D eigenvalue weighted by Gasteiger charge is -2.03. The number of aromatic nitrogens is 2. The minimum Gasteiger partial charge on any atom is -0.477 e. The highest BCUT2D eigenvalue weighted by molar-refractivity contribution is 5.05. The molecule has 1 N–H and O–H groups in total. The first kappa shape index (κ1) is 13.6. The van der Waals surface area contributed by atoms with Crippen molar-refractivity contribution >= 4 is 0 Å². The second-order valence-corrected chi connectivity index (χ2v) is 2.58. The van der Waals surface area contributed by atoms with Gasteiger partial charge in [0, 0.05) is 32.3 Å². The number of aliphatic hydroxyl groups excluding tert-OH is 1. The summed E-state index contributed by atoms with van der Waals surface area (Å²) >= 11 is 0. The third-order valence-corrected chi connectivity index (χ3v) is 1.50. The van der Waals surface area contributed by atoms with Gasteiger partial charge in [-0.15, -0.1) is 0 Å². The zero-order valence-electron chi connectivity index (χ0n) is 9.43. The van der Waals surface area contributed by atoms with Gasteiger partial charge in [-0.05, 0) is 0 Å². The lowest BCUT2D eigenvalue weighted by Crippen LogP contribution is -2.19. The number of aryl methyl sites for hydroxylation is 1. The number of ether oxygens (including phenoxy) is 1. The second kappa shape index (κ2) is 7.99. The van der Waals surface area contributed by atoms with Crippen molar-refractivity contribution in [3.05, 3.63) is 22.7 Å². The molecule has 0 aliphatic heterocycles. The Morgan fingerprint density at radius 2 is 2.20 bits per heavy atom. The van der Waals surface area contributed by atoms with E-state index < -0.39 is 0 Å². The largest absolute Gasteiger partial charge is 0.477 e. The molecule has 1 aromatic heterocycles. The van der Waals surface area contributed by atoms with Crippen LogP contribution in [0.3, 0.4) is 0 Å². The SMILES string of the molecule is CC.Cn1ccc(OCCCO)nc1=O. The first-order valence-corrected chi connectivity index (χ1v) is 5.01. The van der Waals surface area contributed by atoms with Crippen LogP contribution >= 0.6 is 0 Å². The van der Waals surface area contributed by atoms with Crippen LogP contribution in [0.25, 0.3) is 0 Å². The van der Waals surface area contributed by atoms with Gasteiger partial charge in [0.05, 0.1) is 6.61 Å². The number of hydrogen-bond acceptors (Lipinski definition) is 4. The Kier molecular flexibility index (Phi) is 7.27. The molecule has 15 heavy (non-hydrogen) atoms. The van der Waals surface area contributed by atoms with Gasteiger partial charge < -0.3 is 14.4 Å². The first-order chi connectivity index (χ1) is 7.24. The van der Waals surface area contributed by atoms with E-state index in [1.165, 1.54) is 4.57 Å². The van der Waals surface area contributed by atoms with E-state index in [0.29, 0.717) is 18.9 Å². The van der Waals surface area contributed by atoms with E-state index in [4.69, 9.17) is 9.84 Å². The quantitative estimate of drug-likeness (QED) is 0.744. The monoisotopic (exact) mass is 214 g/mol. The van der Waals surface area contributed by atoms with E-state index in [1.54, 1.807) is 19.3 Å². The summed E-state index contributed by atoms with van der Waals surface area (Å²) in [6, 6.07) is 1.61. The number of nitrogens with zero attached hydrogens (tertiary/aromatic N) is 2. The molecule has 0 bridgehead atoms. The fourth-order valence-corrected chi connectivity index (χ4v) is 0.771. The predicted octanol–water partition coefficient (Wildman–Crippen LogP) is 0.568. The molecule has 0 radical (unpaired) electrons. The fourth-order valence-electron chi connectivity index (χ4n) is 0.771. The molecule has 0 aromatic carbocycles. The van der Waals surface area contributed by atoms with Crippen molar-refractivity contribution < 1.29 is 9.84 Å². The van der Waals surface area contributed by atoms with Crippen LogP contribution in [0, 0.1) is 0 Å². The summed E-state index contributed by atoms with van der Waals surface area (Å²) in [7, 11) is 1.62. The third-order valence-electron chi connectivity index (χ3n) is 1.50. The van der Waals surface area contributed by atoms with Crippen LogP contribution in [-0.2, 0) is 7.05 Å². The molecular weight excluding hydrogens is 196 g/mol. The molecule has 1 rings (SSSR count). The molecule has 0 saturated heterocycles. The van der Waals surface area contributed by atoms with Gasteiger partial charge in [-0.3, -0.25) is 0 Å². The Morgan fingerprint density at radius 1 is 1.53 bits per heavy atom. The summed E-state index contributed by atoms with van der Waals surface area (Å²) in [6.45, 7) is 4.45. The molecule has 5 heteroatoms. The van der Waals surface area contributed by atoms with Crippen molar-refractivity contribution in [2.24, 2.45) is 7.05 Å². The minimum absolute atomic E-state index is 0.0742. The van der Waals surface area contributed by atoms with Crippen LogP contribution in [-0.4, -0.2) is 27.9 Å². The normalized spacial score (nSPS) is 9.07. The molecule has 0 fully saturated rings. The van der Waals surface area contributed by atoms with Gasteiger partial charge >= 0.3 is 5.69 Å². The van der Waals surface area contributed by atoms with Crippen molar-refractivity contribution in [1.82, 2.24) is 9.55 Å². The van der Waals surface area contributed by atoms with Gasteiger partial charge in [-0.1, -0.05) is 13.8 Å².